The molecule has 1 saturated carbocycles. The third-order valence-corrected chi connectivity index (χ3v) is 2.81. The van der Waals surface area contributed by atoms with Crippen LogP contribution in [0.3, 0.4) is 0 Å². The Hall–Kier alpha value is -0.920. The van der Waals surface area contributed by atoms with Crippen LogP contribution >= 0.6 is 0 Å². The molecule has 1 aliphatic carbocycles. The van der Waals surface area contributed by atoms with E-state index in [0.29, 0.717) is 5.92 Å². The van der Waals surface area contributed by atoms with Crippen LogP contribution in [0.2, 0.25) is 0 Å². The second-order valence-corrected chi connectivity index (χ2v) is 3.80. The summed E-state index contributed by atoms with van der Waals surface area (Å²) in [7, 11) is 0. The first-order chi connectivity index (χ1) is 6.47. The highest BCUT2D eigenvalue weighted by atomic mass is 14.9. The van der Waals surface area contributed by atoms with Crippen LogP contribution in [0.5, 0.6) is 0 Å². The van der Waals surface area contributed by atoms with E-state index in [-0.39, 0.29) is 0 Å². The summed E-state index contributed by atoms with van der Waals surface area (Å²) in [6.07, 6.45) is 11.8. The van der Waals surface area contributed by atoms with Gasteiger partial charge in [0.25, 0.3) is 0 Å². The smallest absolute Gasteiger partial charge is 0.131 e. The van der Waals surface area contributed by atoms with E-state index in [1.807, 2.05) is 18.5 Å². The molecule has 0 atom stereocenters. The SMILES string of the molecule is c1cnc(C2CCCCCC2)nc1. The molecule has 2 nitrogen and oxygen atoms in total. The van der Waals surface area contributed by atoms with Crippen LogP contribution < -0.4 is 0 Å². The van der Waals surface area contributed by atoms with Gasteiger partial charge >= 0.3 is 0 Å². The van der Waals surface area contributed by atoms with E-state index in [2.05, 4.69) is 9.97 Å². The van der Waals surface area contributed by atoms with Gasteiger partial charge in [0.1, 0.15) is 5.82 Å². The summed E-state index contributed by atoms with van der Waals surface area (Å²) in [5.41, 5.74) is 0. The number of rotatable bonds is 1. The number of hydrogen-bond acceptors (Lipinski definition) is 2. The van der Waals surface area contributed by atoms with E-state index in [9.17, 15) is 0 Å². The molecule has 1 heterocycles. The molecular weight excluding hydrogens is 160 g/mol. The first kappa shape index (κ1) is 8.67. The molecule has 0 saturated heterocycles. The van der Waals surface area contributed by atoms with E-state index >= 15 is 0 Å². The molecule has 70 valence electrons. The summed E-state index contributed by atoms with van der Waals surface area (Å²) in [5, 5.41) is 0. The van der Waals surface area contributed by atoms with Crippen LogP contribution in [0.1, 0.15) is 50.3 Å². The van der Waals surface area contributed by atoms with Gasteiger partial charge in [-0.3, -0.25) is 0 Å². The van der Waals surface area contributed by atoms with Gasteiger partial charge in [-0.25, -0.2) is 9.97 Å². The number of hydrogen-bond donors (Lipinski definition) is 0. The molecule has 0 aliphatic heterocycles. The molecule has 0 N–H and O–H groups in total. The Morgan fingerprint density at radius 2 is 1.54 bits per heavy atom. The molecule has 0 amide bonds. The van der Waals surface area contributed by atoms with Crippen molar-refractivity contribution >= 4 is 0 Å². The molecule has 2 rings (SSSR count). The van der Waals surface area contributed by atoms with Gasteiger partial charge in [0.15, 0.2) is 0 Å². The lowest BCUT2D eigenvalue weighted by atomic mass is 10.00. The normalized spacial score (nSPS) is 19.7. The minimum atomic E-state index is 0.628. The fourth-order valence-corrected chi connectivity index (χ4v) is 2.06. The van der Waals surface area contributed by atoms with Gasteiger partial charge in [0.2, 0.25) is 0 Å². The zero-order valence-corrected chi connectivity index (χ0v) is 7.95. The lowest BCUT2D eigenvalue weighted by molar-refractivity contribution is 0.560. The Bertz CT molecular complexity index is 238. The highest BCUT2D eigenvalue weighted by Gasteiger charge is 2.15. The van der Waals surface area contributed by atoms with Gasteiger partial charge < -0.3 is 0 Å². The van der Waals surface area contributed by atoms with Crippen LogP contribution in [-0.4, -0.2) is 9.97 Å². The summed E-state index contributed by atoms with van der Waals surface area (Å²) in [4.78, 5) is 8.67. The van der Waals surface area contributed by atoms with Gasteiger partial charge in [0.05, 0.1) is 0 Å². The standard InChI is InChI=1S/C11H16N2/c1-2-4-7-10(6-3-1)11-12-8-5-9-13-11/h5,8-10H,1-4,6-7H2. The van der Waals surface area contributed by atoms with Crippen LogP contribution in [0.15, 0.2) is 18.5 Å². The maximum absolute atomic E-state index is 4.33. The third-order valence-electron chi connectivity index (χ3n) is 2.81. The van der Waals surface area contributed by atoms with Crippen LogP contribution in [0.25, 0.3) is 0 Å². The maximum atomic E-state index is 4.33. The molecule has 1 aromatic heterocycles. The number of nitrogens with zero attached hydrogens (tertiary/aromatic N) is 2. The van der Waals surface area contributed by atoms with Crippen molar-refractivity contribution in [2.45, 2.75) is 44.4 Å². The fourth-order valence-electron chi connectivity index (χ4n) is 2.06. The summed E-state index contributed by atoms with van der Waals surface area (Å²) in [6.45, 7) is 0. The lowest BCUT2D eigenvalue weighted by Gasteiger charge is -2.10. The molecule has 0 bridgehead atoms. The minimum absolute atomic E-state index is 0.628. The monoisotopic (exact) mass is 176 g/mol. The molecule has 1 aliphatic rings. The Morgan fingerprint density at radius 1 is 0.923 bits per heavy atom. The predicted molar refractivity (Wildman–Crippen MR) is 52.5 cm³/mol. The average molecular weight is 176 g/mol. The zero-order valence-electron chi connectivity index (χ0n) is 7.95. The van der Waals surface area contributed by atoms with Crippen molar-refractivity contribution < 1.29 is 0 Å². The summed E-state index contributed by atoms with van der Waals surface area (Å²) >= 11 is 0. The van der Waals surface area contributed by atoms with Crippen molar-refractivity contribution in [3.63, 3.8) is 0 Å². The van der Waals surface area contributed by atoms with Crippen molar-refractivity contribution in [1.82, 2.24) is 9.97 Å². The first-order valence-corrected chi connectivity index (χ1v) is 5.24. The predicted octanol–water partition coefficient (Wildman–Crippen LogP) is 2.91. The van der Waals surface area contributed by atoms with Gasteiger partial charge in [-0.2, -0.15) is 0 Å². The van der Waals surface area contributed by atoms with Gasteiger partial charge in [0, 0.05) is 18.3 Å². The molecule has 1 fully saturated rings. The van der Waals surface area contributed by atoms with E-state index in [0.717, 1.165) is 5.82 Å². The molecule has 1 aromatic rings. The topological polar surface area (TPSA) is 25.8 Å². The second kappa shape index (κ2) is 4.35. The highest BCUT2D eigenvalue weighted by Crippen LogP contribution is 2.28. The second-order valence-electron chi connectivity index (χ2n) is 3.80. The van der Waals surface area contributed by atoms with Crippen molar-refractivity contribution in [2.24, 2.45) is 0 Å². The molecule has 0 spiro atoms. The van der Waals surface area contributed by atoms with E-state index < -0.39 is 0 Å². The lowest BCUT2D eigenvalue weighted by Crippen LogP contribution is -2.02. The molecule has 0 aromatic carbocycles. The first-order valence-electron chi connectivity index (χ1n) is 5.24. The molecular formula is C11H16N2. The van der Waals surface area contributed by atoms with Crippen LogP contribution in [0, 0.1) is 0 Å². The van der Waals surface area contributed by atoms with Crippen LogP contribution in [0.4, 0.5) is 0 Å². The Balaban J connectivity index is 2.06. The fraction of sp³-hybridized carbons (Fsp3) is 0.636. The zero-order chi connectivity index (χ0) is 8.93. The molecule has 0 radical (unpaired) electrons. The largest absolute Gasteiger partial charge is 0.241 e. The Kier molecular flexibility index (Phi) is 2.90. The Labute approximate surface area is 79.4 Å². The van der Waals surface area contributed by atoms with E-state index in [1.54, 1.807) is 0 Å². The van der Waals surface area contributed by atoms with Crippen LogP contribution in [-0.2, 0) is 0 Å². The van der Waals surface area contributed by atoms with Crippen molar-refractivity contribution in [3.8, 4) is 0 Å². The van der Waals surface area contributed by atoms with Gasteiger partial charge in [-0.05, 0) is 18.9 Å². The van der Waals surface area contributed by atoms with Crippen molar-refractivity contribution in [1.29, 1.82) is 0 Å². The Morgan fingerprint density at radius 3 is 2.15 bits per heavy atom. The molecule has 13 heavy (non-hydrogen) atoms. The maximum Gasteiger partial charge on any atom is 0.131 e. The summed E-state index contributed by atoms with van der Waals surface area (Å²) < 4.78 is 0. The number of aromatic nitrogens is 2. The van der Waals surface area contributed by atoms with Gasteiger partial charge in [-0.1, -0.05) is 25.7 Å². The summed E-state index contributed by atoms with van der Waals surface area (Å²) in [5.74, 6) is 1.69. The van der Waals surface area contributed by atoms with Crippen molar-refractivity contribution in [3.05, 3.63) is 24.3 Å². The van der Waals surface area contributed by atoms with E-state index in [4.69, 9.17) is 0 Å². The molecule has 2 heteroatoms. The minimum Gasteiger partial charge on any atom is -0.241 e. The van der Waals surface area contributed by atoms with Crippen molar-refractivity contribution in [2.75, 3.05) is 0 Å². The average Bonchev–Trinajstić information content (AvgIpc) is 2.47. The molecule has 0 unspecified atom stereocenters. The third kappa shape index (κ3) is 2.27. The summed E-state index contributed by atoms with van der Waals surface area (Å²) in [6, 6.07) is 1.89. The quantitative estimate of drug-likeness (QED) is 0.615. The van der Waals surface area contributed by atoms with Gasteiger partial charge in [-0.15, -0.1) is 0 Å². The van der Waals surface area contributed by atoms with E-state index in [1.165, 1.54) is 38.5 Å². The highest BCUT2D eigenvalue weighted by molar-refractivity contribution is 4.97.